The molecule has 0 radical (unpaired) electrons. The summed E-state index contributed by atoms with van der Waals surface area (Å²) in [7, 11) is 2.98. The third-order valence-corrected chi connectivity index (χ3v) is 3.72. The number of aryl methyl sites for hydroxylation is 1. The summed E-state index contributed by atoms with van der Waals surface area (Å²) >= 11 is 5.90. The molecule has 0 saturated carbocycles. The number of hydrogen-bond donors (Lipinski definition) is 2. The average molecular weight is 406 g/mol. The summed E-state index contributed by atoms with van der Waals surface area (Å²) in [6.45, 7) is 1.52. The molecular formula is C19H20ClN3O5. The van der Waals surface area contributed by atoms with Gasteiger partial charge in [-0.15, -0.1) is 0 Å². The van der Waals surface area contributed by atoms with E-state index < -0.39 is 11.8 Å². The SMILES string of the molecule is COc1ccc(Cl)cc1NC(=O)/C=N\OCC(=O)Nc1cc(C)ccc1OC. The predicted octanol–water partition coefficient (Wildman–Crippen LogP) is 3.25. The van der Waals surface area contributed by atoms with Gasteiger partial charge in [-0.3, -0.25) is 9.59 Å². The van der Waals surface area contributed by atoms with Gasteiger partial charge in [0.15, 0.2) is 6.61 Å². The van der Waals surface area contributed by atoms with Crippen LogP contribution in [0.5, 0.6) is 11.5 Å². The summed E-state index contributed by atoms with van der Waals surface area (Å²) < 4.78 is 10.3. The second-order valence-corrected chi connectivity index (χ2v) is 6.03. The Morgan fingerprint density at radius 1 is 1.04 bits per heavy atom. The molecule has 8 nitrogen and oxygen atoms in total. The maximum Gasteiger partial charge on any atom is 0.270 e. The first kappa shape index (κ1) is 21.0. The van der Waals surface area contributed by atoms with Crippen LogP contribution >= 0.6 is 11.6 Å². The normalized spacial score (nSPS) is 10.4. The molecule has 0 aliphatic carbocycles. The minimum Gasteiger partial charge on any atom is -0.495 e. The Morgan fingerprint density at radius 3 is 2.36 bits per heavy atom. The highest BCUT2D eigenvalue weighted by molar-refractivity contribution is 6.33. The molecule has 9 heteroatoms. The number of anilines is 2. The van der Waals surface area contributed by atoms with E-state index >= 15 is 0 Å². The van der Waals surface area contributed by atoms with Crippen LogP contribution in [-0.4, -0.2) is 38.9 Å². The Kier molecular flexibility index (Phi) is 7.65. The summed E-state index contributed by atoms with van der Waals surface area (Å²) in [6.07, 6.45) is 0.904. The van der Waals surface area contributed by atoms with Crippen LogP contribution in [0.4, 0.5) is 11.4 Å². The maximum atomic E-state index is 12.0. The van der Waals surface area contributed by atoms with E-state index in [1.165, 1.54) is 20.3 Å². The quantitative estimate of drug-likeness (QED) is 0.519. The smallest absolute Gasteiger partial charge is 0.270 e. The highest BCUT2D eigenvalue weighted by atomic mass is 35.5. The molecule has 2 aromatic rings. The van der Waals surface area contributed by atoms with E-state index in [0.29, 0.717) is 27.9 Å². The van der Waals surface area contributed by atoms with Gasteiger partial charge in [0.1, 0.15) is 17.7 Å². The molecule has 0 unspecified atom stereocenters. The number of hydrogen-bond acceptors (Lipinski definition) is 6. The molecule has 0 bridgehead atoms. The number of rotatable bonds is 8. The Morgan fingerprint density at radius 2 is 1.68 bits per heavy atom. The summed E-state index contributed by atoms with van der Waals surface area (Å²) in [5.41, 5.74) is 1.87. The molecule has 2 aromatic carbocycles. The van der Waals surface area contributed by atoms with Gasteiger partial charge in [0.25, 0.3) is 11.8 Å². The van der Waals surface area contributed by atoms with Crippen molar-refractivity contribution in [1.82, 2.24) is 0 Å². The van der Waals surface area contributed by atoms with Gasteiger partial charge in [-0.25, -0.2) is 0 Å². The van der Waals surface area contributed by atoms with Crippen LogP contribution in [0.3, 0.4) is 0 Å². The molecule has 0 aliphatic rings. The highest BCUT2D eigenvalue weighted by Crippen LogP contribution is 2.27. The molecule has 0 aromatic heterocycles. The molecule has 2 amide bonds. The van der Waals surface area contributed by atoms with Crippen LogP contribution < -0.4 is 20.1 Å². The minimum absolute atomic E-state index is 0.374. The molecule has 28 heavy (non-hydrogen) atoms. The number of benzene rings is 2. The van der Waals surface area contributed by atoms with Crippen molar-refractivity contribution in [2.75, 3.05) is 31.5 Å². The van der Waals surface area contributed by atoms with Crippen molar-refractivity contribution in [2.24, 2.45) is 5.16 Å². The fourth-order valence-electron chi connectivity index (χ4n) is 2.23. The van der Waals surface area contributed by atoms with Gasteiger partial charge in [-0.1, -0.05) is 22.8 Å². The molecule has 0 fully saturated rings. The summed E-state index contributed by atoms with van der Waals surface area (Å²) in [5, 5.41) is 9.14. The first-order chi connectivity index (χ1) is 13.4. The number of nitrogens with one attached hydrogen (secondary N) is 2. The molecule has 0 aliphatic heterocycles. The minimum atomic E-state index is -0.568. The number of ether oxygens (including phenoxy) is 2. The van der Waals surface area contributed by atoms with Gasteiger partial charge in [0, 0.05) is 5.02 Å². The Labute approximate surface area is 167 Å². The number of methoxy groups -OCH3 is 2. The topological polar surface area (TPSA) is 98.3 Å². The molecule has 0 saturated heterocycles. The maximum absolute atomic E-state index is 12.0. The number of carbonyl (C=O) groups excluding carboxylic acids is 2. The number of nitrogens with zero attached hydrogens (tertiary/aromatic N) is 1. The van der Waals surface area contributed by atoms with E-state index in [9.17, 15) is 9.59 Å². The Bertz CT molecular complexity index is 886. The lowest BCUT2D eigenvalue weighted by Gasteiger charge is -2.10. The van der Waals surface area contributed by atoms with Gasteiger partial charge in [0.2, 0.25) is 0 Å². The van der Waals surface area contributed by atoms with Crippen LogP contribution in [-0.2, 0) is 14.4 Å². The van der Waals surface area contributed by atoms with Crippen LogP contribution in [0.15, 0.2) is 41.6 Å². The van der Waals surface area contributed by atoms with Gasteiger partial charge < -0.3 is 24.9 Å². The van der Waals surface area contributed by atoms with E-state index in [1.807, 2.05) is 13.0 Å². The third kappa shape index (κ3) is 6.17. The zero-order valence-electron chi connectivity index (χ0n) is 15.6. The predicted molar refractivity (Wildman–Crippen MR) is 107 cm³/mol. The van der Waals surface area contributed by atoms with Gasteiger partial charge >= 0.3 is 0 Å². The second-order valence-electron chi connectivity index (χ2n) is 5.59. The largest absolute Gasteiger partial charge is 0.495 e. The fraction of sp³-hybridized carbons (Fsp3) is 0.211. The van der Waals surface area contributed by atoms with Crippen molar-refractivity contribution < 1.29 is 23.9 Å². The first-order valence-electron chi connectivity index (χ1n) is 8.17. The first-order valence-corrected chi connectivity index (χ1v) is 8.55. The molecule has 2 N–H and O–H groups in total. The highest BCUT2D eigenvalue weighted by Gasteiger charge is 2.09. The molecule has 2 rings (SSSR count). The Hall–Kier alpha value is -3.26. The van der Waals surface area contributed by atoms with Crippen molar-refractivity contribution in [3.8, 4) is 11.5 Å². The van der Waals surface area contributed by atoms with Crippen molar-refractivity contribution >= 4 is 41.0 Å². The zero-order chi connectivity index (χ0) is 20.5. The number of halogens is 1. The van der Waals surface area contributed by atoms with Gasteiger partial charge in [0.05, 0.1) is 25.6 Å². The standard InChI is InChI=1S/C19H20ClN3O5/c1-12-4-6-16(26-2)14(8-12)23-19(25)11-28-21-10-18(24)22-15-9-13(20)5-7-17(15)27-3/h4-10H,11H2,1-3H3,(H,22,24)(H,23,25)/b21-10-. The molecular weight excluding hydrogens is 386 g/mol. The van der Waals surface area contributed by atoms with Crippen molar-refractivity contribution in [3.63, 3.8) is 0 Å². The third-order valence-electron chi connectivity index (χ3n) is 3.49. The van der Waals surface area contributed by atoms with Crippen LogP contribution in [0, 0.1) is 6.92 Å². The molecule has 0 heterocycles. The second kappa shape index (κ2) is 10.2. The van der Waals surface area contributed by atoms with Crippen molar-refractivity contribution in [2.45, 2.75) is 6.92 Å². The lowest BCUT2D eigenvalue weighted by Crippen LogP contribution is -2.18. The number of oxime groups is 1. The Balaban J connectivity index is 1.85. The monoisotopic (exact) mass is 405 g/mol. The summed E-state index contributed by atoms with van der Waals surface area (Å²) in [4.78, 5) is 28.7. The van der Waals surface area contributed by atoms with E-state index in [1.54, 1.807) is 24.3 Å². The zero-order valence-corrected chi connectivity index (χ0v) is 16.4. The molecule has 148 valence electrons. The summed E-state index contributed by atoms with van der Waals surface area (Å²) in [5.74, 6) is -0.0462. The molecule has 0 spiro atoms. The van der Waals surface area contributed by atoms with E-state index in [0.717, 1.165) is 11.8 Å². The lowest BCUT2D eigenvalue weighted by atomic mass is 10.2. The lowest BCUT2D eigenvalue weighted by molar-refractivity contribution is -0.120. The number of amides is 2. The van der Waals surface area contributed by atoms with Gasteiger partial charge in [-0.05, 0) is 42.8 Å². The van der Waals surface area contributed by atoms with Crippen LogP contribution in [0.1, 0.15) is 5.56 Å². The number of carbonyl (C=O) groups is 2. The average Bonchev–Trinajstić information content (AvgIpc) is 2.65. The summed E-state index contributed by atoms with van der Waals surface area (Å²) in [6, 6.07) is 10.2. The van der Waals surface area contributed by atoms with Gasteiger partial charge in [-0.2, -0.15) is 0 Å². The van der Waals surface area contributed by atoms with E-state index in [2.05, 4.69) is 15.8 Å². The van der Waals surface area contributed by atoms with Crippen molar-refractivity contribution in [1.29, 1.82) is 0 Å². The van der Waals surface area contributed by atoms with Crippen molar-refractivity contribution in [3.05, 3.63) is 47.0 Å². The van der Waals surface area contributed by atoms with Crippen LogP contribution in [0.25, 0.3) is 0 Å². The molecule has 0 atom stereocenters. The van der Waals surface area contributed by atoms with E-state index in [-0.39, 0.29) is 6.61 Å². The van der Waals surface area contributed by atoms with Crippen LogP contribution in [0.2, 0.25) is 5.02 Å². The fourth-order valence-corrected chi connectivity index (χ4v) is 2.40. The van der Waals surface area contributed by atoms with E-state index in [4.69, 9.17) is 25.9 Å².